The molecule has 2 heterocycles. The van der Waals surface area contributed by atoms with Crippen molar-refractivity contribution >= 4 is 5.91 Å². The van der Waals surface area contributed by atoms with Gasteiger partial charge in [0.05, 0.1) is 0 Å². The number of nitrogens with zero attached hydrogens (tertiary/aromatic N) is 2. The van der Waals surface area contributed by atoms with Gasteiger partial charge in [-0.2, -0.15) is 0 Å². The van der Waals surface area contributed by atoms with Crippen LogP contribution < -0.4 is 0 Å². The highest BCUT2D eigenvalue weighted by atomic mass is 16.2. The molecule has 0 atom stereocenters. The number of carbonyl (C=O) groups excluding carboxylic acids is 1. The highest BCUT2D eigenvalue weighted by molar-refractivity contribution is 5.94. The van der Waals surface area contributed by atoms with E-state index in [0.717, 1.165) is 18.8 Å². The van der Waals surface area contributed by atoms with Crippen LogP contribution in [0.4, 0.5) is 0 Å². The van der Waals surface area contributed by atoms with Crippen molar-refractivity contribution in [3.8, 4) is 0 Å². The van der Waals surface area contributed by atoms with Gasteiger partial charge >= 0.3 is 0 Å². The summed E-state index contributed by atoms with van der Waals surface area (Å²) >= 11 is 0. The van der Waals surface area contributed by atoms with Crippen LogP contribution in [0.2, 0.25) is 0 Å². The second kappa shape index (κ2) is 4.15. The summed E-state index contributed by atoms with van der Waals surface area (Å²) in [5.41, 5.74) is 2.43. The van der Waals surface area contributed by atoms with Gasteiger partial charge in [-0.3, -0.25) is 4.79 Å². The van der Waals surface area contributed by atoms with E-state index >= 15 is 0 Å². The van der Waals surface area contributed by atoms with E-state index < -0.39 is 0 Å². The van der Waals surface area contributed by atoms with Crippen molar-refractivity contribution in [1.82, 2.24) is 9.47 Å². The molecule has 116 valence electrons. The number of rotatable bonds is 0. The number of carbonyl (C=O) groups is 1. The highest BCUT2D eigenvalue weighted by Crippen LogP contribution is 2.50. The van der Waals surface area contributed by atoms with Crippen LogP contribution in [-0.2, 0) is 12.0 Å². The van der Waals surface area contributed by atoms with Gasteiger partial charge in [-0.1, -0.05) is 20.8 Å². The van der Waals surface area contributed by atoms with Crippen LogP contribution >= 0.6 is 0 Å². The summed E-state index contributed by atoms with van der Waals surface area (Å²) < 4.78 is 2.22. The van der Waals surface area contributed by atoms with Crippen molar-refractivity contribution in [2.24, 2.45) is 5.41 Å². The summed E-state index contributed by atoms with van der Waals surface area (Å²) in [5.74, 6) is 0.196. The maximum Gasteiger partial charge on any atom is 0.270 e. The van der Waals surface area contributed by atoms with E-state index in [2.05, 4.69) is 63.3 Å². The van der Waals surface area contributed by atoms with Crippen LogP contribution in [0, 0.1) is 5.41 Å². The molecule has 1 spiro atoms. The lowest BCUT2D eigenvalue weighted by atomic mass is 9.89. The van der Waals surface area contributed by atoms with Crippen molar-refractivity contribution in [1.29, 1.82) is 0 Å². The summed E-state index contributed by atoms with van der Waals surface area (Å²) in [6.07, 6.45) is 4.70. The number of hydrogen-bond donors (Lipinski definition) is 0. The first kappa shape index (κ1) is 14.7. The fourth-order valence-corrected chi connectivity index (χ4v) is 3.22. The molecule has 0 radical (unpaired) electrons. The molecule has 21 heavy (non-hydrogen) atoms. The zero-order valence-corrected chi connectivity index (χ0v) is 14.3. The molecule has 0 aromatic carbocycles. The molecule has 1 saturated carbocycles. The Morgan fingerprint density at radius 1 is 1.05 bits per heavy atom. The number of amides is 1. The number of hydrogen-bond acceptors (Lipinski definition) is 1. The average Bonchev–Trinajstić information content (AvgIpc) is 2.95. The first-order valence-corrected chi connectivity index (χ1v) is 8.05. The van der Waals surface area contributed by atoms with Gasteiger partial charge in [-0.05, 0) is 50.7 Å². The molecule has 1 aromatic rings. The third-order valence-corrected chi connectivity index (χ3v) is 4.99. The molecule has 1 aromatic heterocycles. The first-order valence-electron chi connectivity index (χ1n) is 8.05. The van der Waals surface area contributed by atoms with Crippen molar-refractivity contribution in [2.75, 3.05) is 6.54 Å². The third kappa shape index (κ3) is 2.51. The normalized spacial score (nSPS) is 21.4. The Labute approximate surface area is 128 Å². The zero-order valence-electron chi connectivity index (χ0n) is 14.3. The van der Waals surface area contributed by atoms with Crippen LogP contribution in [0.3, 0.4) is 0 Å². The second-order valence-corrected chi connectivity index (χ2v) is 9.05. The Hall–Kier alpha value is -1.25. The SMILES string of the molecule is CC(C)(C)c1cc2n(c1)CC1(CC1)CN(C(C)(C)C)C2=O. The average molecular weight is 288 g/mol. The van der Waals surface area contributed by atoms with E-state index in [4.69, 9.17) is 0 Å². The van der Waals surface area contributed by atoms with Crippen molar-refractivity contribution in [3.05, 3.63) is 23.5 Å². The molecule has 1 fully saturated rings. The Morgan fingerprint density at radius 2 is 1.67 bits per heavy atom. The smallest absolute Gasteiger partial charge is 0.270 e. The van der Waals surface area contributed by atoms with Crippen LogP contribution in [0.15, 0.2) is 12.3 Å². The van der Waals surface area contributed by atoms with Crippen LogP contribution in [0.5, 0.6) is 0 Å². The largest absolute Gasteiger partial charge is 0.343 e. The van der Waals surface area contributed by atoms with Crippen molar-refractivity contribution in [2.45, 2.75) is 71.9 Å². The minimum Gasteiger partial charge on any atom is -0.343 e. The van der Waals surface area contributed by atoms with E-state index in [-0.39, 0.29) is 16.9 Å². The van der Waals surface area contributed by atoms with Crippen molar-refractivity contribution < 1.29 is 4.79 Å². The molecule has 2 aliphatic rings. The second-order valence-electron chi connectivity index (χ2n) is 9.05. The Balaban J connectivity index is 2.07. The lowest BCUT2D eigenvalue weighted by Crippen LogP contribution is -2.47. The van der Waals surface area contributed by atoms with Gasteiger partial charge in [0.25, 0.3) is 5.91 Å². The van der Waals surface area contributed by atoms with Gasteiger partial charge in [-0.15, -0.1) is 0 Å². The fourth-order valence-electron chi connectivity index (χ4n) is 3.22. The summed E-state index contributed by atoms with van der Waals surface area (Å²) in [7, 11) is 0. The predicted octanol–water partition coefficient (Wildman–Crippen LogP) is 3.82. The lowest BCUT2D eigenvalue weighted by Gasteiger charge is -2.36. The predicted molar refractivity (Wildman–Crippen MR) is 85.6 cm³/mol. The van der Waals surface area contributed by atoms with E-state index in [0.29, 0.717) is 5.41 Å². The fraction of sp³-hybridized carbons (Fsp3) is 0.722. The third-order valence-electron chi connectivity index (χ3n) is 4.99. The summed E-state index contributed by atoms with van der Waals surface area (Å²) in [6, 6.07) is 2.11. The molecule has 3 heteroatoms. The van der Waals surface area contributed by atoms with Crippen LogP contribution in [-0.4, -0.2) is 27.5 Å². The number of aromatic nitrogens is 1. The molecule has 1 aliphatic carbocycles. The van der Waals surface area contributed by atoms with E-state index in [9.17, 15) is 4.79 Å². The zero-order chi connectivity index (χ0) is 15.6. The standard InChI is InChI=1S/C18H28N2O/c1-16(2,3)13-9-14-15(21)20(17(4,5)6)12-18(7-8-18)11-19(14)10-13/h9-10H,7-8,11-12H2,1-6H3. The summed E-state index contributed by atoms with van der Waals surface area (Å²) in [4.78, 5) is 15.1. The van der Waals surface area contributed by atoms with E-state index in [1.807, 2.05) is 0 Å². The lowest BCUT2D eigenvalue weighted by molar-refractivity contribution is 0.0535. The van der Waals surface area contributed by atoms with E-state index in [1.165, 1.54) is 18.4 Å². The maximum atomic E-state index is 13.0. The molecule has 3 nitrogen and oxygen atoms in total. The minimum atomic E-state index is -0.117. The van der Waals surface area contributed by atoms with Crippen LogP contribution in [0.1, 0.15) is 70.4 Å². The Morgan fingerprint density at radius 3 is 2.14 bits per heavy atom. The highest BCUT2D eigenvalue weighted by Gasteiger charge is 2.49. The monoisotopic (exact) mass is 288 g/mol. The molecule has 0 unspecified atom stereocenters. The minimum absolute atomic E-state index is 0.0861. The molecule has 0 N–H and O–H groups in total. The summed E-state index contributed by atoms with van der Waals surface area (Å²) in [5, 5.41) is 0. The molecule has 1 aliphatic heterocycles. The van der Waals surface area contributed by atoms with Gasteiger partial charge in [0.2, 0.25) is 0 Å². The quantitative estimate of drug-likeness (QED) is 0.712. The molecule has 1 amide bonds. The molecule has 0 saturated heterocycles. The molecule has 0 bridgehead atoms. The first-order chi connectivity index (χ1) is 9.52. The maximum absolute atomic E-state index is 13.0. The molecular weight excluding hydrogens is 260 g/mol. The summed E-state index contributed by atoms with van der Waals surface area (Å²) in [6.45, 7) is 15.0. The van der Waals surface area contributed by atoms with E-state index in [1.54, 1.807) is 0 Å². The van der Waals surface area contributed by atoms with Gasteiger partial charge in [0.15, 0.2) is 0 Å². The van der Waals surface area contributed by atoms with Gasteiger partial charge in [-0.25, -0.2) is 0 Å². The topological polar surface area (TPSA) is 25.2 Å². The molecule has 3 rings (SSSR count). The molecular formula is C18H28N2O. The van der Waals surface area contributed by atoms with Crippen molar-refractivity contribution in [3.63, 3.8) is 0 Å². The Kier molecular flexibility index (Phi) is 2.90. The van der Waals surface area contributed by atoms with Gasteiger partial charge in [0.1, 0.15) is 5.69 Å². The van der Waals surface area contributed by atoms with Crippen LogP contribution in [0.25, 0.3) is 0 Å². The number of fused-ring (bicyclic) bond motifs is 1. The van der Waals surface area contributed by atoms with Gasteiger partial charge in [0, 0.05) is 30.2 Å². The Bertz CT molecular complexity index is 579. The van der Waals surface area contributed by atoms with Gasteiger partial charge < -0.3 is 9.47 Å².